The Morgan fingerprint density at radius 3 is 2.09 bits per heavy atom. The topological polar surface area (TPSA) is 69.6 Å². The number of nitrogens with zero attached hydrogens (tertiary/aromatic N) is 5. The molecule has 67 heavy (non-hydrogen) atoms. The number of hydrogen-bond acceptors (Lipinski definition) is 5. The van der Waals surface area contributed by atoms with Crippen LogP contribution < -0.4 is 5.19 Å². The molecule has 1 atom stereocenters. The molecule has 0 bridgehead atoms. The van der Waals surface area contributed by atoms with Gasteiger partial charge in [0.2, 0.25) is 5.71 Å². The summed E-state index contributed by atoms with van der Waals surface area (Å²) in [6, 6.07) is 51.2. The molecule has 0 aliphatic rings. The molecule has 0 N–H and O–H groups in total. The van der Waals surface area contributed by atoms with Crippen molar-refractivity contribution in [1.29, 1.82) is 0 Å². The van der Waals surface area contributed by atoms with E-state index < -0.39 is 8.07 Å². The predicted octanol–water partition coefficient (Wildman–Crippen LogP) is 14.6. The van der Waals surface area contributed by atoms with Crippen LogP contribution in [0.3, 0.4) is 0 Å². The van der Waals surface area contributed by atoms with Crippen LogP contribution >= 0.6 is 0 Å². The number of aryl methyl sites for hydroxylation is 4. The molecule has 0 aliphatic carbocycles. The molecule has 5 aromatic heterocycles. The normalized spacial score (nSPS) is 12.2. The molecule has 339 valence electrons. The van der Waals surface area contributed by atoms with E-state index in [9.17, 15) is 0 Å². The molecular formula is C59H57IrN5OSi-2. The smallest absolute Gasteiger partial charge is 0.216 e. The van der Waals surface area contributed by atoms with Crippen LogP contribution in [0.25, 0.3) is 72.7 Å². The number of imidazole rings is 1. The van der Waals surface area contributed by atoms with Gasteiger partial charge >= 0.3 is 0 Å². The first-order valence-corrected chi connectivity index (χ1v) is 26.4. The van der Waals surface area contributed by atoms with Crippen LogP contribution in [-0.2, 0) is 25.5 Å². The maximum atomic E-state index is 6.62. The number of rotatable bonds is 7. The van der Waals surface area contributed by atoms with Crippen LogP contribution in [0.5, 0.6) is 0 Å². The van der Waals surface area contributed by atoms with E-state index in [0.29, 0.717) is 11.6 Å². The zero-order valence-electron chi connectivity index (χ0n) is 40.3. The molecule has 0 aliphatic heterocycles. The maximum Gasteiger partial charge on any atom is 0.216 e. The maximum absolute atomic E-state index is 6.62. The van der Waals surface area contributed by atoms with Crippen LogP contribution in [0.15, 0.2) is 144 Å². The summed E-state index contributed by atoms with van der Waals surface area (Å²) >= 11 is 0. The zero-order valence-corrected chi connectivity index (χ0v) is 43.7. The Bertz CT molecular complexity index is 3360. The summed E-state index contributed by atoms with van der Waals surface area (Å²) in [5, 5.41) is 3.47. The minimum Gasteiger partial charge on any atom is -0.486 e. The van der Waals surface area contributed by atoms with Crippen molar-refractivity contribution >= 4 is 46.4 Å². The molecular weight excluding hydrogens is 1010 g/mol. The molecule has 1 radical (unpaired) electrons. The third-order valence-electron chi connectivity index (χ3n) is 12.7. The quantitative estimate of drug-likeness (QED) is 0.117. The molecule has 0 amide bonds. The van der Waals surface area contributed by atoms with Crippen molar-refractivity contribution in [2.24, 2.45) is 0 Å². The fourth-order valence-corrected chi connectivity index (χ4v) is 10.7. The summed E-state index contributed by atoms with van der Waals surface area (Å²) in [6.07, 6.45) is 4.01. The zero-order chi connectivity index (χ0) is 46.5. The van der Waals surface area contributed by atoms with Crippen molar-refractivity contribution in [1.82, 2.24) is 24.5 Å². The van der Waals surface area contributed by atoms with Gasteiger partial charge in [-0.25, -0.2) is 4.98 Å². The van der Waals surface area contributed by atoms with Gasteiger partial charge in [0, 0.05) is 54.6 Å². The fraction of sp³-hybridized carbons (Fsp3) is 0.220. The molecule has 0 saturated carbocycles. The van der Waals surface area contributed by atoms with E-state index in [4.69, 9.17) is 19.4 Å². The van der Waals surface area contributed by atoms with Crippen LogP contribution in [0.2, 0.25) is 19.6 Å². The van der Waals surface area contributed by atoms with Gasteiger partial charge < -0.3 is 14.0 Å². The van der Waals surface area contributed by atoms with Gasteiger partial charge in [0.25, 0.3) is 0 Å². The largest absolute Gasteiger partial charge is 0.486 e. The number of hydrogen-bond donors (Lipinski definition) is 0. The second-order valence-electron chi connectivity index (χ2n) is 19.7. The Balaban J connectivity index is 0.000000208. The van der Waals surface area contributed by atoms with E-state index in [2.05, 4.69) is 193 Å². The van der Waals surface area contributed by atoms with Crippen molar-refractivity contribution < 1.29 is 24.5 Å². The van der Waals surface area contributed by atoms with E-state index in [-0.39, 0.29) is 25.5 Å². The SMILES string of the molecule is CC(c1ccccc1)c1cc(-c2[c-]cccc2)ncc1[Si](C)(C)C.Cc1cc2nc(-c3[c-]cc(C)c4c3oc3nc(-c5c(C)cccc5C)ccc34)n(-c3ccc(C(C)(C)C)cc3)c2cn1.[Ir]. The monoisotopic (exact) mass is 1070 g/mol. The third-order valence-corrected chi connectivity index (χ3v) is 14.8. The van der Waals surface area contributed by atoms with Crippen molar-refractivity contribution in [3.8, 4) is 39.6 Å². The average molecular weight is 1070 g/mol. The van der Waals surface area contributed by atoms with Crippen LogP contribution in [-0.4, -0.2) is 32.6 Å². The standard InChI is InChI=1S/C37H33N4O.C22H24NSi.Ir/c1-21-9-8-10-22(2)32(21)29-18-17-27-33-23(3)11-16-28(34(33)42-36(27)40-29)35-39-30-19-24(4)38-20-31(30)41(35)26-14-12-25(13-15-26)37(5,6)7;1-17(18-11-7-5-8-12-18)20-15-21(19-13-9-6-10-14-19)23-16-22(20)24(2,3)4;/h8-15,17-20H,1-7H3;5-13,15-17H,1-4H3;/q2*-1;. The number of furan rings is 1. The molecule has 0 saturated heterocycles. The average Bonchev–Trinajstić information content (AvgIpc) is 3.88. The van der Waals surface area contributed by atoms with Crippen molar-refractivity contribution in [3.05, 3.63) is 191 Å². The third kappa shape index (κ3) is 9.36. The second kappa shape index (κ2) is 18.8. The molecule has 0 spiro atoms. The van der Waals surface area contributed by atoms with E-state index in [0.717, 1.165) is 78.2 Å². The van der Waals surface area contributed by atoms with Gasteiger partial charge in [-0.3, -0.25) is 9.97 Å². The summed E-state index contributed by atoms with van der Waals surface area (Å²) in [4.78, 5) is 19.5. The molecule has 1 unspecified atom stereocenters. The Kier molecular flexibility index (Phi) is 13.2. The van der Waals surface area contributed by atoms with Gasteiger partial charge in [-0.15, -0.1) is 53.6 Å². The van der Waals surface area contributed by atoms with E-state index >= 15 is 0 Å². The van der Waals surface area contributed by atoms with Gasteiger partial charge in [-0.05, 0) is 95.2 Å². The summed E-state index contributed by atoms with van der Waals surface area (Å²) in [7, 11) is -1.47. The van der Waals surface area contributed by atoms with Gasteiger partial charge in [-0.1, -0.05) is 132 Å². The number of fused-ring (bicyclic) bond motifs is 4. The van der Waals surface area contributed by atoms with E-state index in [1.807, 2.05) is 43.5 Å². The number of pyridine rings is 3. The Morgan fingerprint density at radius 2 is 1.42 bits per heavy atom. The first kappa shape index (κ1) is 47.2. The summed E-state index contributed by atoms with van der Waals surface area (Å²) in [6.45, 7) is 24.5. The minimum atomic E-state index is -1.47. The predicted molar refractivity (Wildman–Crippen MR) is 277 cm³/mol. The summed E-state index contributed by atoms with van der Waals surface area (Å²) in [5.41, 5.74) is 17.6. The fourth-order valence-electron chi connectivity index (χ4n) is 9.08. The van der Waals surface area contributed by atoms with Crippen molar-refractivity contribution in [2.45, 2.75) is 86.4 Å². The minimum absolute atomic E-state index is 0. The Labute approximate surface area is 410 Å². The number of aromatic nitrogens is 5. The van der Waals surface area contributed by atoms with Crippen molar-refractivity contribution in [3.63, 3.8) is 0 Å². The molecule has 10 rings (SSSR count). The second-order valence-corrected chi connectivity index (χ2v) is 24.7. The van der Waals surface area contributed by atoms with E-state index in [1.54, 1.807) is 0 Å². The molecule has 5 aromatic carbocycles. The van der Waals surface area contributed by atoms with Gasteiger partial charge in [0.1, 0.15) is 0 Å². The first-order valence-electron chi connectivity index (χ1n) is 22.9. The molecule has 8 heteroatoms. The Morgan fingerprint density at radius 1 is 0.701 bits per heavy atom. The summed E-state index contributed by atoms with van der Waals surface area (Å²) in [5.74, 6) is 1.12. The van der Waals surface area contributed by atoms with Crippen molar-refractivity contribution in [2.75, 3.05) is 0 Å². The Hall–Kier alpha value is -6.31. The first-order chi connectivity index (χ1) is 31.6. The van der Waals surface area contributed by atoms with Crippen LogP contribution in [0.1, 0.15) is 72.7 Å². The van der Waals surface area contributed by atoms with Gasteiger partial charge in [-0.2, -0.15) is 0 Å². The molecule has 6 nitrogen and oxygen atoms in total. The van der Waals surface area contributed by atoms with Gasteiger partial charge in [0.15, 0.2) is 0 Å². The van der Waals surface area contributed by atoms with Gasteiger partial charge in [0.05, 0.1) is 42.4 Å². The van der Waals surface area contributed by atoms with Crippen LogP contribution in [0, 0.1) is 39.8 Å². The summed E-state index contributed by atoms with van der Waals surface area (Å²) < 4.78 is 8.79. The molecule has 10 aromatic rings. The molecule has 5 heterocycles. The number of benzene rings is 5. The van der Waals surface area contributed by atoms with E-state index in [1.165, 1.54) is 33.0 Å². The van der Waals surface area contributed by atoms with Crippen LogP contribution in [0.4, 0.5) is 0 Å². The molecule has 0 fully saturated rings.